The fourth-order valence-electron chi connectivity index (χ4n) is 2.05. The lowest BCUT2D eigenvalue weighted by molar-refractivity contribution is 0.326. The van der Waals surface area contributed by atoms with Crippen LogP contribution in [0, 0.1) is 16.7 Å². The quantitative estimate of drug-likeness (QED) is 0.754. The zero-order chi connectivity index (χ0) is 10.0. The Hall–Kier alpha value is -1.57. The smallest absolute Gasteiger partial charge is 0.239 e. The molecule has 1 aliphatic rings. The number of nitriles is 1. The van der Waals surface area contributed by atoms with Crippen LogP contribution in [0.2, 0.25) is 0 Å². The highest BCUT2D eigenvalue weighted by molar-refractivity contribution is 5.10. The molecule has 2 rings (SSSR count). The van der Waals surface area contributed by atoms with Gasteiger partial charge in [-0.15, -0.1) is 5.10 Å². The fraction of sp³-hybridized carbons (Fsp3) is 0.667. The molecule has 0 amide bonds. The van der Waals surface area contributed by atoms with Gasteiger partial charge in [-0.2, -0.15) is 5.26 Å². The number of rotatable bonds is 2. The molecule has 0 bridgehead atoms. The van der Waals surface area contributed by atoms with Crippen molar-refractivity contribution < 1.29 is 0 Å². The molecule has 2 N–H and O–H groups in total. The molecule has 1 heterocycles. The summed E-state index contributed by atoms with van der Waals surface area (Å²) < 4.78 is 1.67. The molecule has 0 atom stereocenters. The molecule has 1 saturated carbocycles. The van der Waals surface area contributed by atoms with Crippen molar-refractivity contribution in [1.82, 2.24) is 14.8 Å². The van der Waals surface area contributed by atoms with Gasteiger partial charge in [0, 0.05) is 0 Å². The van der Waals surface area contributed by atoms with E-state index in [1.807, 2.05) is 0 Å². The van der Waals surface area contributed by atoms with Crippen molar-refractivity contribution in [2.24, 2.45) is 5.41 Å². The zero-order valence-electron chi connectivity index (χ0n) is 7.98. The summed E-state index contributed by atoms with van der Waals surface area (Å²) in [5, 5.41) is 13.1. The van der Waals surface area contributed by atoms with Crippen LogP contribution in [0.15, 0.2) is 6.33 Å². The van der Waals surface area contributed by atoms with E-state index in [4.69, 9.17) is 11.0 Å². The van der Waals surface area contributed by atoms with E-state index in [1.54, 1.807) is 11.0 Å². The van der Waals surface area contributed by atoms with Gasteiger partial charge in [0.2, 0.25) is 5.95 Å². The number of anilines is 1. The van der Waals surface area contributed by atoms with E-state index < -0.39 is 0 Å². The van der Waals surface area contributed by atoms with Crippen molar-refractivity contribution in [3.05, 3.63) is 6.33 Å². The summed E-state index contributed by atoms with van der Waals surface area (Å²) in [7, 11) is 0. The summed E-state index contributed by atoms with van der Waals surface area (Å²) in [5.74, 6) is 0.274. The minimum absolute atomic E-state index is 0.236. The van der Waals surface area contributed by atoms with Crippen molar-refractivity contribution in [3.8, 4) is 6.07 Å². The number of nitrogen functional groups attached to an aromatic ring is 1. The van der Waals surface area contributed by atoms with Gasteiger partial charge in [-0.05, 0) is 12.8 Å². The highest BCUT2D eigenvalue weighted by Crippen LogP contribution is 2.38. The minimum atomic E-state index is -0.236. The predicted octanol–water partition coefficient (Wildman–Crippen LogP) is 0.944. The Morgan fingerprint density at radius 1 is 1.57 bits per heavy atom. The topological polar surface area (TPSA) is 80.5 Å². The second kappa shape index (κ2) is 3.29. The van der Waals surface area contributed by atoms with Crippen LogP contribution in [0.1, 0.15) is 25.7 Å². The van der Waals surface area contributed by atoms with Crippen molar-refractivity contribution in [1.29, 1.82) is 5.26 Å². The monoisotopic (exact) mass is 191 g/mol. The maximum atomic E-state index is 9.14. The highest BCUT2D eigenvalue weighted by atomic mass is 15.4. The molecule has 0 radical (unpaired) electrons. The van der Waals surface area contributed by atoms with Gasteiger partial charge in [0.25, 0.3) is 0 Å². The second-order valence-electron chi connectivity index (χ2n) is 3.90. The second-order valence-corrected chi connectivity index (χ2v) is 3.90. The van der Waals surface area contributed by atoms with E-state index in [1.165, 1.54) is 0 Å². The first-order chi connectivity index (χ1) is 6.74. The Kier molecular flexibility index (Phi) is 2.12. The average Bonchev–Trinajstić information content (AvgIpc) is 2.77. The Bertz CT molecular complexity index is 356. The molecule has 0 spiro atoms. The first kappa shape index (κ1) is 9.00. The normalized spacial score (nSPS) is 19.4. The Labute approximate surface area is 82.5 Å². The van der Waals surface area contributed by atoms with Gasteiger partial charge >= 0.3 is 0 Å². The first-order valence-corrected chi connectivity index (χ1v) is 4.80. The van der Waals surface area contributed by atoms with Crippen LogP contribution in [-0.2, 0) is 6.54 Å². The van der Waals surface area contributed by atoms with Crippen LogP contribution in [0.25, 0.3) is 0 Å². The maximum Gasteiger partial charge on any atom is 0.239 e. The molecule has 0 aliphatic heterocycles. The third-order valence-electron chi connectivity index (χ3n) is 2.82. The van der Waals surface area contributed by atoms with Gasteiger partial charge in [0.15, 0.2) is 0 Å². The molecule has 1 aliphatic carbocycles. The minimum Gasteiger partial charge on any atom is -0.367 e. The average molecular weight is 191 g/mol. The number of nitrogens with zero attached hydrogens (tertiary/aromatic N) is 4. The largest absolute Gasteiger partial charge is 0.367 e. The molecule has 1 aromatic heterocycles. The Balaban J connectivity index is 2.13. The number of hydrogen-bond donors (Lipinski definition) is 1. The van der Waals surface area contributed by atoms with E-state index >= 15 is 0 Å². The van der Waals surface area contributed by atoms with Gasteiger partial charge in [-0.1, -0.05) is 12.8 Å². The van der Waals surface area contributed by atoms with E-state index in [9.17, 15) is 0 Å². The van der Waals surface area contributed by atoms with E-state index in [0.717, 1.165) is 25.7 Å². The van der Waals surface area contributed by atoms with Crippen LogP contribution in [0.4, 0.5) is 5.95 Å². The van der Waals surface area contributed by atoms with Crippen LogP contribution in [0.3, 0.4) is 0 Å². The van der Waals surface area contributed by atoms with Crippen LogP contribution in [0.5, 0.6) is 0 Å². The fourth-order valence-corrected chi connectivity index (χ4v) is 2.05. The first-order valence-electron chi connectivity index (χ1n) is 4.80. The molecular formula is C9H13N5. The summed E-state index contributed by atoms with van der Waals surface area (Å²) in [6.07, 6.45) is 5.79. The van der Waals surface area contributed by atoms with Crippen LogP contribution >= 0.6 is 0 Å². The molecule has 1 aromatic rings. The summed E-state index contributed by atoms with van der Waals surface area (Å²) in [6, 6.07) is 2.41. The highest BCUT2D eigenvalue weighted by Gasteiger charge is 2.34. The van der Waals surface area contributed by atoms with Gasteiger partial charge in [0.1, 0.15) is 6.33 Å². The molecule has 0 aromatic carbocycles. The zero-order valence-corrected chi connectivity index (χ0v) is 7.98. The van der Waals surface area contributed by atoms with Crippen molar-refractivity contribution in [2.45, 2.75) is 32.2 Å². The maximum absolute atomic E-state index is 9.14. The van der Waals surface area contributed by atoms with Crippen molar-refractivity contribution >= 4 is 5.95 Å². The van der Waals surface area contributed by atoms with E-state index in [-0.39, 0.29) is 11.4 Å². The van der Waals surface area contributed by atoms with Crippen LogP contribution in [-0.4, -0.2) is 14.8 Å². The number of hydrogen-bond acceptors (Lipinski definition) is 4. The molecule has 1 fully saturated rings. The van der Waals surface area contributed by atoms with Gasteiger partial charge < -0.3 is 5.73 Å². The molecule has 74 valence electrons. The Morgan fingerprint density at radius 3 is 2.79 bits per heavy atom. The molecule has 0 saturated heterocycles. The van der Waals surface area contributed by atoms with E-state index in [0.29, 0.717) is 6.54 Å². The lowest BCUT2D eigenvalue weighted by Gasteiger charge is -2.18. The van der Waals surface area contributed by atoms with E-state index in [2.05, 4.69) is 16.2 Å². The third-order valence-corrected chi connectivity index (χ3v) is 2.82. The Morgan fingerprint density at radius 2 is 2.29 bits per heavy atom. The van der Waals surface area contributed by atoms with Crippen molar-refractivity contribution in [2.75, 3.05) is 5.73 Å². The standard InChI is InChI=1S/C9H13N5/c10-5-9(3-1-2-4-9)6-14-7-12-8(11)13-14/h7H,1-4,6H2,(H2,11,13). The molecular weight excluding hydrogens is 178 g/mol. The van der Waals surface area contributed by atoms with Gasteiger partial charge in [-0.25, -0.2) is 9.67 Å². The summed E-state index contributed by atoms with van der Waals surface area (Å²) in [4.78, 5) is 3.84. The predicted molar refractivity (Wildman–Crippen MR) is 50.9 cm³/mol. The number of nitrogens with two attached hydrogens (primary N) is 1. The molecule has 14 heavy (non-hydrogen) atoms. The summed E-state index contributed by atoms with van der Waals surface area (Å²) in [5.41, 5.74) is 5.18. The third kappa shape index (κ3) is 1.55. The van der Waals surface area contributed by atoms with Gasteiger partial charge in [-0.3, -0.25) is 0 Å². The molecule has 0 unspecified atom stereocenters. The summed E-state index contributed by atoms with van der Waals surface area (Å²) in [6.45, 7) is 0.619. The lowest BCUT2D eigenvalue weighted by Crippen LogP contribution is -2.22. The molecule has 5 heteroatoms. The van der Waals surface area contributed by atoms with Gasteiger partial charge in [0.05, 0.1) is 18.0 Å². The SMILES string of the molecule is N#CC1(Cn2cnc(N)n2)CCCC1. The number of aromatic nitrogens is 3. The van der Waals surface area contributed by atoms with Crippen molar-refractivity contribution in [3.63, 3.8) is 0 Å². The van der Waals surface area contributed by atoms with Crippen LogP contribution < -0.4 is 5.73 Å². The lowest BCUT2D eigenvalue weighted by atomic mass is 9.88. The summed E-state index contributed by atoms with van der Waals surface area (Å²) >= 11 is 0. The molecule has 5 nitrogen and oxygen atoms in total.